The summed E-state index contributed by atoms with van der Waals surface area (Å²) in [5.41, 5.74) is 7.65. The largest absolute Gasteiger partial charge is 0.497 e. The summed E-state index contributed by atoms with van der Waals surface area (Å²) in [6.45, 7) is 16.5. The zero-order valence-electron chi connectivity index (χ0n) is 39.4. The van der Waals surface area contributed by atoms with Gasteiger partial charge in [-0.3, -0.25) is 4.79 Å². The zero-order valence-corrected chi connectivity index (χ0v) is 39.4. The number of hydrogen-bond acceptors (Lipinski definition) is 8. The van der Waals surface area contributed by atoms with Crippen LogP contribution in [0.25, 0.3) is 55.5 Å². The van der Waals surface area contributed by atoms with Crippen LogP contribution in [0.2, 0.25) is 0 Å². The standard InChI is InChI=1S/C62H42N6O4/c1-65-61-54(33-21-42-16-24-44(25-17-42)67(46-26-18-43(40-69)19-27-46)57-34-36-59(71-4)52-12-8-6-10-50(52)57)62(66-2)56(39-64)49(55(61)38-63)32-20-41-14-22-45(23-15-41)68(47-28-30-48(70-3)31-29-47)58-35-37-60(72-5)53-13-9-7-11-51(53)58/h6-37,40H,3-5H3. The van der Waals surface area contributed by atoms with Crippen molar-refractivity contribution in [3.05, 3.63) is 232 Å². The van der Waals surface area contributed by atoms with E-state index >= 15 is 0 Å². The highest BCUT2D eigenvalue weighted by Gasteiger charge is 2.23. The normalized spacial score (nSPS) is 10.9. The summed E-state index contributed by atoms with van der Waals surface area (Å²) in [5, 5.41) is 25.0. The van der Waals surface area contributed by atoms with Gasteiger partial charge < -0.3 is 24.0 Å². The number of hydrogen-bond donors (Lipinski definition) is 0. The van der Waals surface area contributed by atoms with Crippen molar-refractivity contribution in [3.8, 4) is 29.4 Å². The summed E-state index contributed by atoms with van der Waals surface area (Å²) in [6, 6.07) is 59.1. The molecule has 0 unspecified atom stereocenters. The van der Waals surface area contributed by atoms with E-state index in [1.807, 2.05) is 152 Å². The van der Waals surface area contributed by atoms with Gasteiger partial charge in [-0.1, -0.05) is 97.1 Å². The molecule has 0 fully saturated rings. The topological polar surface area (TPSA) is 108 Å². The van der Waals surface area contributed by atoms with Crippen LogP contribution >= 0.6 is 0 Å². The first kappa shape index (κ1) is 46.7. The molecule has 0 spiro atoms. The monoisotopic (exact) mass is 934 g/mol. The lowest BCUT2D eigenvalue weighted by Gasteiger charge is -2.27. The molecule has 0 bridgehead atoms. The Bertz CT molecular complexity index is 3710. The fourth-order valence-electron chi connectivity index (χ4n) is 8.92. The number of benzene rings is 9. The van der Waals surface area contributed by atoms with Crippen LogP contribution < -0.4 is 24.0 Å². The maximum Gasteiger partial charge on any atom is 0.202 e. The van der Waals surface area contributed by atoms with Gasteiger partial charge in [-0.05, 0) is 119 Å². The number of rotatable bonds is 14. The molecule has 9 aromatic rings. The average molecular weight is 935 g/mol. The minimum atomic E-state index is -0.0245. The minimum Gasteiger partial charge on any atom is -0.497 e. The van der Waals surface area contributed by atoms with Gasteiger partial charge in [0, 0.05) is 49.9 Å². The molecular formula is C62H42N6O4. The molecule has 0 saturated heterocycles. The molecule has 0 aliphatic carbocycles. The van der Waals surface area contributed by atoms with E-state index in [-0.39, 0.29) is 33.6 Å². The number of aldehydes is 1. The molecule has 0 amide bonds. The molecule has 72 heavy (non-hydrogen) atoms. The Morgan fingerprint density at radius 2 is 0.819 bits per heavy atom. The van der Waals surface area contributed by atoms with Gasteiger partial charge in [0.25, 0.3) is 0 Å². The number of carbonyl (C=O) groups excluding carboxylic acids is 1. The molecule has 0 N–H and O–H groups in total. The molecule has 344 valence electrons. The smallest absolute Gasteiger partial charge is 0.202 e. The molecule has 0 aromatic heterocycles. The first-order valence-electron chi connectivity index (χ1n) is 22.6. The minimum absolute atomic E-state index is 0.00293. The molecule has 10 nitrogen and oxygen atoms in total. The van der Waals surface area contributed by atoms with Crippen LogP contribution in [0, 0.1) is 35.8 Å². The summed E-state index contributed by atoms with van der Waals surface area (Å²) in [4.78, 5) is 23.4. The van der Waals surface area contributed by atoms with Gasteiger partial charge in [-0.15, -0.1) is 0 Å². The molecule has 0 heterocycles. The lowest BCUT2D eigenvalue weighted by Crippen LogP contribution is -2.10. The molecule has 0 saturated carbocycles. The molecule has 10 heteroatoms. The Balaban J connectivity index is 1.05. The lowest BCUT2D eigenvalue weighted by atomic mass is 9.92. The van der Waals surface area contributed by atoms with E-state index < -0.39 is 0 Å². The van der Waals surface area contributed by atoms with Crippen LogP contribution in [0.4, 0.5) is 45.5 Å². The van der Waals surface area contributed by atoms with E-state index in [4.69, 9.17) is 27.4 Å². The highest BCUT2D eigenvalue weighted by molar-refractivity contribution is 6.04. The quantitative estimate of drug-likeness (QED) is 0.0603. The molecule has 9 rings (SSSR count). The number of anilines is 6. The van der Waals surface area contributed by atoms with Gasteiger partial charge in [0.1, 0.15) is 23.5 Å². The van der Waals surface area contributed by atoms with Crippen LogP contribution in [-0.4, -0.2) is 27.6 Å². The number of carbonyl (C=O) groups is 1. The van der Waals surface area contributed by atoms with Gasteiger partial charge in [-0.25, -0.2) is 9.69 Å². The van der Waals surface area contributed by atoms with E-state index in [2.05, 4.69) is 37.7 Å². The van der Waals surface area contributed by atoms with E-state index in [0.29, 0.717) is 5.56 Å². The number of ether oxygens (including phenoxy) is 3. The number of fused-ring (bicyclic) bond motifs is 2. The van der Waals surface area contributed by atoms with Crippen molar-refractivity contribution in [2.24, 2.45) is 0 Å². The Morgan fingerprint density at radius 3 is 1.18 bits per heavy atom. The maximum atomic E-state index is 11.6. The van der Waals surface area contributed by atoms with E-state index in [0.717, 1.165) is 90.3 Å². The van der Waals surface area contributed by atoms with Crippen molar-refractivity contribution in [2.45, 2.75) is 0 Å². The van der Waals surface area contributed by atoms with Gasteiger partial charge in [-0.2, -0.15) is 10.5 Å². The van der Waals surface area contributed by atoms with Gasteiger partial charge in [0.15, 0.2) is 0 Å². The maximum absolute atomic E-state index is 11.6. The van der Waals surface area contributed by atoms with Crippen LogP contribution in [0.5, 0.6) is 17.2 Å². The summed E-state index contributed by atoms with van der Waals surface area (Å²) < 4.78 is 16.9. The fraction of sp³-hybridized carbons (Fsp3) is 0.0484. The van der Waals surface area contributed by atoms with E-state index in [1.165, 1.54) is 0 Å². The molecule has 9 aromatic carbocycles. The molecule has 0 aliphatic rings. The Kier molecular flexibility index (Phi) is 13.5. The summed E-state index contributed by atoms with van der Waals surface area (Å²) in [7, 11) is 4.94. The summed E-state index contributed by atoms with van der Waals surface area (Å²) in [5.74, 6) is 2.24. The first-order chi connectivity index (χ1) is 35.4. The summed E-state index contributed by atoms with van der Waals surface area (Å²) >= 11 is 0. The van der Waals surface area contributed by atoms with Crippen molar-refractivity contribution in [1.82, 2.24) is 0 Å². The molecule has 0 aliphatic heterocycles. The van der Waals surface area contributed by atoms with E-state index in [9.17, 15) is 15.3 Å². The zero-order chi connectivity index (χ0) is 50.1. The van der Waals surface area contributed by atoms with Gasteiger partial charge in [0.05, 0.1) is 69.1 Å². The predicted molar refractivity (Wildman–Crippen MR) is 289 cm³/mol. The third-order valence-corrected chi connectivity index (χ3v) is 12.4. The fourth-order valence-corrected chi connectivity index (χ4v) is 8.92. The van der Waals surface area contributed by atoms with Gasteiger partial charge in [0.2, 0.25) is 11.4 Å². The Morgan fingerprint density at radius 1 is 0.444 bits per heavy atom. The van der Waals surface area contributed by atoms with Crippen molar-refractivity contribution in [1.29, 1.82) is 10.5 Å². The lowest BCUT2D eigenvalue weighted by molar-refractivity contribution is 0.112. The van der Waals surface area contributed by atoms with Crippen molar-refractivity contribution >= 4 is 97.6 Å². The Hall–Kier alpha value is -10.4. The highest BCUT2D eigenvalue weighted by atomic mass is 16.5. The van der Waals surface area contributed by atoms with Gasteiger partial charge >= 0.3 is 0 Å². The van der Waals surface area contributed by atoms with Crippen LogP contribution in [0.15, 0.2) is 170 Å². The highest BCUT2D eigenvalue weighted by Crippen LogP contribution is 2.45. The SMILES string of the molecule is [C-]#[N+]c1c(C#N)c(C=Cc2ccc(N(c3ccc(OC)cc3)c3ccc(OC)c4ccccc34)cc2)c(C#N)c([N+]#[C-])c1C=Cc1ccc(N(c2ccc(C=O)cc2)c2ccc(OC)c3ccccc23)cc1. The second-order valence-electron chi connectivity index (χ2n) is 16.3. The molecule has 0 radical (unpaired) electrons. The van der Waals surface area contributed by atoms with Crippen LogP contribution in [-0.2, 0) is 0 Å². The molecule has 0 atom stereocenters. The third-order valence-electron chi connectivity index (χ3n) is 12.4. The number of methoxy groups -OCH3 is 3. The second-order valence-corrected chi connectivity index (χ2v) is 16.3. The molecular weight excluding hydrogens is 893 g/mol. The van der Waals surface area contributed by atoms with Crippen molar-refractivity contribution in [3.63, 3.8) is 0 Å². The van der Waals surface area contributed by atoms with Crippen molar-refractivity contribution in [2.75, 3.05) is 31.1 Å². The van der Waals surface area contributed by atoms with Crippen molar-refractivity contribution < 1.29 is 19.0 Å². The van der Waals surface area contributed by atoms with E-state index in [1.54, 1.807) is 57.8 Å². The Labute approximate surface area is 417 Å². The number of nitriles is 2. The first-order valence-corrected chi connectivity index (χ1v) is 22.6. The third kappa shape index (κ3) is 8.91. The van der Waals surface area contributed by atoms with Crippen LogP contribution in [0.1, 0.15) is 43.7 Å². The average Bonchev–Trinajstić information content (AvgIpc) is 3.44. The second kappa shape index (κ2) is 20.9. The predicted octanol–water partition coefficient (Wildman–Crippen LogP) is 16.0. The van der Waals surface area contributed by atoms with Crippen LogP contribution in [0.3, 0.4) is 0 Å². The summed E-state index contributed by atoms with van der Waals surface area (Å²) in [6.07, 6.45) is 7.60. The number of nitrogens with zero attached hydrogens (tertiary/aromatic N) is 6.